The first-order chi connectivity index (χ1) is 14.4. The number of aromatic nitrogens is 2. The van der Waals surface area contributed by atoms with E-state index in [0.29, 0.717) is 22.3 Å². The lowest BCUT2D eigenvalue weighted by molar-refractivity contribution is 0.0528. The lowest BCUT2D eigenvalue weighted by Crippen LogP contribution is -2.31. The lowest BCUT2D eigenvalue weighted by Gasteiger charge is -2.16. The summed E-state index contributed by atoms with van der Waals surface area (Å²) in [5, 5.41) is 12.1. The van der Waals surface area contributed by atoms with Crippen molar-refractivity contribution in [2.45, 2.75) is 40.3 Å². The fourth-order valence-corrected chi connectivity index (χ4v) is 4.52. The SMILES string of the molecule is CCOC(=O)c1cc(-c2ccccc2)sc1NC(=S)N[C@H](C)c1nn(CC)cc1C. The smallest absolute Gasteiger partial charge is 0.341 e. The van der Waals surface area contributed by atoms with Gasteiger partial charge in [0.1, 0.15) is 5.00 Å². The Balaban J connectivity index is 1.80. The quantitative estimate of drug-likeness (QED) is 0.389. The molecule has 30 heavy (non-hydrogen) atoms. The first-order valence-corrected chi connectivity index (χ1v) is 11.1. The summed E-state index contributed by atoms with van der Waals surface area (Å²) in [6.07, 6.45) is 2.02. The molecule has 0 saturated carbocycles. The number of aryl methyl sites for hydroxylation is 2. The summed E-state index contributed by atoms with van der Waals surface area (Å²) in [6.45, 7) is 9.02. The third-order valence-electron chi connectivity index (χ3n) is 4.58. The van der Waals surface area contributed by atoms with Crippen molar-refractivity contribution < 1.29 is 9.53 Å². The average Bonchev–Trinajstić information content (AvgIpc) is 3.32. The van der Waals surface area contributed by atoms with Crippen LogP contribution in [0.2, 0.25) is 0 Å². The predicted molar refractivity (Wildman–Crippen MR) is 126 cm³/mol. The largest absolute Gasteiger partial charge is 0.462 e. The number of hydrogen-bond donors (Lipinski definition) is 2. The van der Waals surface area contributed by atoms with Crippen LogP contribution in [0, 0.1) is 6.92 Å². The van der Waals surface area contributed by atoms with Gasteiger partial charge in [-0.1, -0.05) is 30.3 Å². The Morgan fingerprint density at radius 3 is 2.67 bits per heavy atom. The Hall–Kier alpha value is -2.71. The van der Waals surface area contributed by atoms with Gasteiger partial charge in [0, 0.05) is 17.6 Å². The summed E-state index contributed by atoms with van der Waals surface area (Å²) < 4.78 is 7.14. The molecule has 1 aromatic carbocycles. The minimum atomic E-state index is -0.369. The zero-order chi connectivity index (χ0) is 21.7. The summed E-state index contributed by atoms with van der Waals surface area (Å²) in [7, 11) is 0. The van der Waals surface area contributed by atoms with Gasteiger partial charge >= 0.3 is 5.97 Å². The van der Waals surface area contributed by atoms with E-state index >= 15 is 0 Å². The molecule has 8 heteroatoms. The van der Waals surface area contributed by atoms with Gasteiger partial charge in [-0.3, -0.25) is 4.68 Å². The number of thiophene rings is 1. The molecular weight excluding hydrogens is 416 g/mol. The number of anilines is 1. The molecule has 0 unspecified atom stereocenters. The van der Waals surface area contributed by atoms with E-state index in [9.17, 15) is 4.79 Å². The first kappa shape index (κ1) is 22.0. The number of ether oxygens (including phenoxy) is 1. The molecule has 2 aromatic heterocycles. The van der Waals surface area contributed by atoms with Crippen molar-refractivity contribution >= 4 is 39.6 Å². The number of nitrogens with zero attached hydrogens (tertiary/aromatic N) is 2. The number of hydrogen-bond acceptors (Lipinski definition) is 5. The molecule has 2 N–H and O–H groups in total. The summed E-state index contributed by atoms with van der Waals surface area (Å²) >= 11 is 6.99. The van der Waals surface area contributed by atoms with Gasteiger partial charge in [0.15, 0.2) is 5.11 Å². The fourth-order valence-electron chi connectivity index (χ4n) is 3.12. The molecule has 2 heterocycles. The number of nitrogens with one attached hydrogen (secondary N) is 2. The fraction of sp³-hybridized carbons (Fsp3) is 0.318. The van der Waals surface area contributed by atoms with Crippen LogP contribution in [-0.2, 0) is 11.3 Å². The minimum absolute atomic E-state index is 0.0719. The maximum Gasteiger partial charge on any atom is 0.341 e. The van der Waals surface area contributed by atoms with E-state index in [-0.39, 0.29) is 12.0 Å². The minimum Gasteiger partial charge on any atom is -0.462 e. The van der Waals surface area contributed by atoms with E-state index in [1.807, 2.05) is 61.1 Å². The zero-order valence-corrected chi connectivity index (χ0v) is 19.2. The molecule has 0 radical (unpaired) electrons. The van der Waals surface area contributed by atoms with Crippen LogP contribution < -0.4 is 10.6 Å². The highest BCUT2D eigenvalue weighted by molar-refractivity contribution is 7.80. The lowest BCUT2D eigenvalue weighted by atomic mass is 10.1. The number of carbonyl (C=O) groups is 1. The van der Waals surface area contributed by atoms with Crippen molar-refractivity contribution in [1.29, 1.82) is 0 Å². The number of esters is 1. The maximum atomic E-state index is 12.5. The Bertz CT molecular complexity index is 1030. The Kier molecular flexibility index (Phi) is 7.23. The Morgan fingerprint density at radius 1 is 1.30 bits per heavy atom. The van der Waals surface area contributed by atoms with E-state index in [1.54, 1.807) is 6.92 Å². The van der Waals surface area contributed by atoms with Crippen molar-refractivity contribution in [2.75, 3.05) is 11.9 Å². The number of benzene rings is 1. The third kappa shape index (κ3) is 5.06. The molecule has 6 nitrogen and oxygen atoms in total. The van der Waals surface area contributed by atoms with Gasteiger partial charge in [0.05, 0.1) is 23.9 Å². The Morgan fingerprint density at radius 2 is 2.03 bits per heavy atom. The molecule has 158 valence electrons. The molecule has 1 atom stereocenters. The molecule has 0 aliphatic carbocycles. The van der Waals surface area contributed by atoms with E-state index in [0.717, 1.165) is 28.2 Å². The van der Waals surface area contributed by atoms with E-state index in [2.05, 4.69) is 22.7 Å². The molecular formula is C22H26N4O2S2. The van der Waals surface area contributed by atoms with Gasteiger partial charge in [0.2, 0.25) is 0 Å². The second-order valence-electron chi connectivity index (χ2n) is 6.81. The molecule has 0 aliphatic rings. The van der Waals surface area contributed by atoms with Crippen molar-refractivity contribution in [3.63, 3.8) is 0 Å². The van der Waals surface area contributed by atoms with Crippen LogP contribution in [0.3, 0.4) is 0 Å². The average molecular weight is 443 g/mol. The first-order valence-electron chi connectivity index (χ1n) is 9.90. The summed E-state index contributed by atoms with van der Waals surface area (Å²) in [5.74, 6) is -0.369. The topological polar surface area (TPSA) is 68.2 Å². The van der Waals surface area contributed by atoms with Crippen molar-refractivity contribution in [3.8, 4) is 10.4 Å². The van der Waals surface area contributed by atoms with Crippen LogP contribution >= 0.6 is 23.6 Å². The molecule has 0 spiro atoms. The van der Waals surface area contributed by atoms with Crippen molar-refractivity contribution in [3.05, 3.63) is 59.4 Å². The number of carbonyl (C=O) groups excluding carboxylic acids is 1. The van der Waals surface area contributed by atoms with Crippen molar-refractivity contribution in [1.82, 2.24) is 15.1 Å². The van der Waals surface area contributed by atoms with Crippen LogP contribution in [0.4, 0.5) is 5.00 Å². The van der Waals surface area contributed by atoms with Crippen LogP contribution in [0.1, 0.15) is 48.4 Å². The second-order valence-corrected chi connectivity index (χ2v) is 8.27. The molecule has 3 rings (SSSR count). The van der Waals surface area contributed by atoms with Gasteiger partial charge in [0.25, 0.3) is 0 Å². The number of rotatable bonds is 7. The monoisotopic (exact) mass is 442 g/mol. The normalized spacial score (nSPS) is 11.7. The summed E-state index contributed by atoms with van der Waals surface area (Å²) in [5.41, 5.74) is 3.56. The maximum absolute atomic E-state index is 12.5. The molecule has 0 fully saturated rings. The highest BCUT2D eigenvalue weighted by Gasteiger charge is 2.20. The molecule has 0 aliphatic heterocycles. The number of thiocarbonyl (C=S) groups is 1. The summed E-state index contributed by atoms with van der Waals surface area (Å²) in [6, 6.07) is 11.7. The van der Waals surface area contributed by atoms with E-state index in [1.165, 1.54) is 11.3 Å². The van der Waals surface area contributed by atoms with Crippen LogP contribution in [0.5, 0.6) is 0 Å². The molecule has 0 amide bonds. The Labute approximate surface area is 186 Å². The highest BCUT2D eigenvalue weighted by Crippen LogP contribution is 2.36. The molecule has 3 aromatic rings. The van der Waals surface area contributed by atoms with E-state index < -0.39 is 0 Å². The summed E-state index contributed by atoms with van der Waals surface area (Å²) in [4.78, 5) is 13.5. The van der Waals surface area contributed by atoms with Gasteiger partial charge in [-0.25, -0.2) is 4.79 Å². The highest BCUT2D eigenvalue weighted by atomic mass is 32.1. The van der Waals surface area contributed by atoms with Crippen LogP contribution in [-0.4, -0.2) is 27.5 Å². The predicted octanol–water partition coefficient (Wildman–Crippen LogP) is 5.16. The standard InChI is InChI=1S/C22H26N4O2S2/c1-5-26-13-14(3)19(25-26)15(4)23-22(29)24-20-17(21(27)28-6-2)12-18(30-20)16-10-8-7-9-11-16/h7-13,15H,5-6H2,1-4H3,(H2,23,24,29)/t15-/m1/s1. The third-order valence-corrected chi connectivity index (χ3v) is 5.90. The van der Waals surface area contributed by atoms with Crippen LogP contribution in [0.25, 0.3) is 10.4 Å². The second kappa shape index (κ2) is 9.86. The van der Waals surface area contributed by atoms with Crippen LogP contribution in [0.15, 0.2) is 42.6 Å². The van der Waals surface area contributed by atoms with E-state index in [4.69, 9.17) is 17.0 Å². The van der Waals surface area contributed by atoms with Gasteiger partial charge in [-0.05, 0) is 57.1 Å². The van der Waals surface area contributed by atoms with Gasteiger partial charge in [-0.15, -0.1) is 11.3 Å². The molecule has 0 bridgehead atoms. The van der Waals surface area contributed by atoms with Crippen molar-refractivity contribution in [2.24, 2.45) is 0 Å². The van der Waals surface area contributed by atoms with Gasteiger partial charge < -0.3 is 15.4 Å². The zero-order valence-electron chi connectivity index (χ0n) is 17.6. The van der Waals surface area contributed by atoms with Gasteiger partial charge in [-0.2, -0.15) is 5.10 Å². The molecule has 0 saturated heterocycles.